The van der Waals surface area contributed by atoms with E-state index >= 15 is 0 Å². The predicted molar refractivity (Wildman–Crippen MR) is 161 cm³/mol. The molecule has 2 N–H and O–H groups in total. The zero-order chi connectivity index (χ0) is 27.7. The first-order valence-corrected chi connectivity index (χ1v) is 12.9. The van der Waals surface area contributed by atoms with Crippen LogP contribution in [0.15, 0.2) is 133 Å². The van der Waals surface area contributed by atoms with Crippen LogP contribution in [0.25, 0.3) is 21.5 Å². The van der Waals surface area contributed by atoms with Crippen molar-refractivity contribution in [2.45, 2.75) is 13.2 Å². The zero-order valence-corrected chi connectivity index (χ0v) is 21.8. The first-order valence-electron chi connectivity index (χ1n) is 12.9. The van der Waals surface area contributed by atoms with Crippen molar-refractivity contribution in [1.29, 1.82) is 0 Å². The third-order valence-corrected chi connectivity index (χ3v) is 6.45. The van der Waals surface area contributed by atoms with E-state index in [1.807, 2.05) is 97.1 Å². The lowest BCUT2D eigenvalue weighted by atomic mass is 10.1. The second kappa shape index (κ2) is 12.5. The van der Waals surface area contributed by atoms with Crippen molar-refractivity contribution in [3.8, 4) is 11.5 Å². The average Bonchev–Trinajstić information content (AvgIpc) is 3.01. The molecule has 0 unspecified atom stereocenters. The largest absolute Gasteiger partial charge is 0.488 e. The van der Waals surface area contributed by atoms with Crippen molar-refractivity contribution in [3.63, 3.8) is 0 Å². The topological polar surface area (TPSA) is 87.6 Å². The quantitative estimate of drug-likeness (QED) is 0.128. The number of nitrogens with zero attached hydrogens (tertiary/aromatic N) is 1. The molecule has 0 radical (unpaired) electrons. The third kappa shape index (κ3) is 6.19. The molecular weight excluding hydrogens is 500 g/mol. The molecule has 0 fully saturated rings. The number of nitrogens with two attached hydrogens (primary N) is 1. The number of nitro groups is 1. The molecule has 0 amide bonds. The Morgan fingerprint density at radius 2 is 0.950 bits per heavy atom. The van der Waals surface area contributed by atoms with Gasteiger partial charge in [0.05, 0.1) is 10.3 Å². The third-order valence-electron chi connectivity index (χ3n) is 6.45. The Hall–Kier alpha value is -5.36. The minimum Gasteiger partial charge on any atom is -0.488 e. The van der Waals surface area contributed by atoms with Crippen LogP contribution in [0.4, 0.5) is 11.4 Å². The number of hydrogen-bond donors (Lipinski definition) is 1. The van der Waals surface area contributed by atoms with Gasteiger partial charge in [0.25, 0.3) is 5.69 Å². The average molecular weight is 529 g/mol. The maximum absolute atomic E-state index is 11.1. The molecular formula is C34H28N2O4. The number of nitro benzene ring substituents is 1. The fourth-order valence-electron chi connectivity index (χ4n) is 4.43. The second-order valence-electron chi connectivity index (χ2n) is 9.13. The Bertz CT molecular complexity index is 1740. The van der Waals surface area contributed by atoms with Gasteiger partial charge in [-0.25, -0.2) is 0 Å². The summed E-state index contributed by atoms with van der Waals surface area (Å²) in [6.07, 6.45) is 0. The highest BCUT2D eigenvalue weighted by Crippen LogP contribution is 2.33. The van der Waals surface area contributed by atoms with Crippen LogP contribution in [0.2, 0.25) is 0 Å². The lowest BCUT2D eigenvalue weighted by Crippen LogP contribution is -1.97. The summed E-state index contributed by atoms with van der Waals surface area (Å²) in [7, 11) is 0. The van der Waals surface area contributed by atoms with E-state index in [1.165, 1.54) is 6.07 Å². The standard InChI is InChI=1S/C17H13NO3.C17H15NO/c19-18(20)16-10-11-17(15-9-5-4-8-14(15)16)21-12-13-6-2-1-3-7-13;18-16-10-11-17(15-9-5-4-8-14(15)16)19-12-13-6-2-1-3-7-13/h1-11H,12H2;1-11H,12,18H2. The van der Waals surface area contributed by atoms with Crippen LogP contribution in [0.1, 0.15) is 11.1 Å². The van der Waals surface area contributed by atoms with Gasteiger partial charge in [-0.1, -0.05) is 103 Å². The van der Waals surface area contributed by atoms with Crippen LogP contribution in [-0.2, 0) is 13.2 Å². The summed E-state index contributed by atoms with van der Waals surface area (Å²) in [6, 6.07) is 42.2. The van der Waals surface area contributed by atoms with E-state index in [-0.39, 0.29) is 10.6 Å². The lowest BCUT2D eigenvalue weighted by Gasteiger charge is -2.10. The predicted octanol–water partition coefficient (Wildman–Crippen LogP) is 8.33. The monoisotopic (exact) mass is 528 g/mol. The smallest absolute Gasteiger partial charge is 0.277 e. The normalized spacial score (nSPS) is 10.5. The van der Waals surface area contributed by atoms with Gasteiger partial charge in [0.15, 0.2) is 0 Å². The molecule has 0 aliphatic rings. The first kappa shape index (κ1) is 26.3. The highest BCUT2D eigenvalue weighted by Gasteiger charge is 2.14. The van der Waals surface area contributed by atoms with E-state index in [1.54, 1.807) is 18.2 Å². The van der Waals surface area contributed by atoms with Gasteiger partial charge < -0.3 is 15.2 Å². The van der Waals surface area contributed by atoms with E-state index in [4.69, 9.17) is 15.2 Å². The van der Waals surface area contributed by atoms with Crippen LogP contribution in [0.3, 0.4) is 0 Å². The molecule has 6 rings (SSSR count). The molecule has 0 saturated heterocycles. The van der Waals surface area contributed by atoms with E-state index in [0.717, 1.165) is 38.7 Å². The van der Waals surface area contributed by atoms with Crippen LogP contribution >= 0.6 is 0 Å². The van der Waals surface area contributed by atoms with Gasteiger partial charge in [0, 0.05) is 27.9 Å². The Labute approximate surface area is 232 Å². The number of non-ortho nitro benzene ring substituents is 1. The van der Waals surface area contributed by atoms with Gasteiger partial charge >= 0.3 is 0 Å². The van der Waals surface area contributed by atoms with Crippen LogP contribution < -0.4 is 15.2 Å². The van der Waals surface area contributed by atoms with E-state index < -0.39 is 0 Å². The van der Waals surface area contributed by atoms with Gasteiger partial charge in [-0.3, -0.25) is 10.1 Å². The van der Waals surface area contributed by atoms with Crippen LogP contribution in [0, 0.1) is 10.1 Å². The number of anilines is 1. The second-order valence-corrected chi connectivity index (χ2v) is 9.13. The van der Waals surface area contributed by atoms with E-state index in [2.05, 4.69) is 12.1 Å². The number of nitrogen functional groups attached to an aromatic ring is 1. The molecule has 198 valence electrons. The number of benzene rings is 6. The molecule has 0 heterocycles. The van der Waals surface area contributed by atoms with Crippen LogP contribution in [-0.4, -0.2) is 4.92 Å². The molecule has 6 nitrogen and oxygen atoms in total. The minimum atomic E-state index is -0.372. The SMILES string of the molecule is Nc1ccc(OCc2ccccc2)c2ccccc12.O=[N+]([O-])c1ccc(OCc2ccccc2)c2ccccc12. The highest BCUT2D eigenvalue weighted by atomic mass is 16.6. The molecule has 0 atom stereocenters. The molecule has 0 aliphatic heterocycles. The molecule has 6 heteroatoms. The van der Waals surface area contributed by atoms with E-state index in [9.17, 15) is 10.1 Å². The van der Waals surface area contributed by atoms with Gasteiger partial charge in [-0.2, -0.15) is 0 Å². The maximum atomic E-state index is 11.1. The molecule has 0 spiro atoms. The summed E-state index contributed by atoms with van der Waals surface area (Å²) in [5.74, 6) is 1.52. The zero-order valence-electron chi connectivity index (χ0n) is 21.8. The highest BCUT2D eigenvalue weighted by molar-refractivity contribution is 5.97. The number of fused-ring (bicyclic) bond motifs is 2. The number of rotatable bonds is 7. The Morgan fingerprint density at radius 3 is 1.48 bits per heavy atom. The van der Waals surface area contributed by atoms with Gasteiger partial charge in [0.1, 0.15) is 24.7 Å². The molecule has 0 saturated carbocycles. The van der Waals surface area contributed by atoms with Gasteiger partial charge in [-0.05, 0) is 35.4 Å². The summed E-state index contributed by atoms with van der Waals surface area (Å²) in [6.45, 7) is 0.997. The fraction of sp³-hybridized carbons (Fsp3) is 0.0588. The van der Waals surface area contributed by atoms with Crippen molar-refractivity contribution >= 4 is 32.9 Å². The summed E-state index contributed by atoms with van der Waals surface area (Å²) in [5, 5.41) is 14.5. The van der Waals surface area contributed by atoms with Crippen LogP contribution in [0.5, 0.6) is 11.5 Å². The van der Waals surface area contributed by atoms with E-state index in [0.29, 0.717) is 24.3 Å². The molecule has 6 aromatic carbocycles. The number of ether oxygens (including phenoxy) is 2. The Morgan fingerprint density at radius 1 is 0.525 bits per heavy atom. The van der Waals surface area contributed by atoms with Crippen molar-refractivity contribution in [3.05, 3.63) is 155 Å². The van der Waals surface area contributed by atoms with Crippen molar-refractivity contribution in [2.75, 3.05) is 5.73 Å². The molecule has 0 bridgehead atoms. The minimum absolute atomic E-state index is 0.0951. The van der Waals surface area contributed by atoms with Crippen molar-refractivity contribution in [2.24, 2.45) is 0 Å². The molecule has 6 aromatic rings. The molecule has 0 aromatic heterocycles. The molecule has 0 aliphatic carbocycles. The molecule has 40 heavy (non-hydrogen) atoms. The summed E-state index contributed by atoms with van der Waals surface area (Å²) < 4.78 is 11.7. The maximum Gasteiger partial charge on any atom is 0.277 e. The Balaban J connectivity index is 0.000000162. The number of hydrogen-bond acceptors (Lipinski definition) is 5. The van der Waals surface area contributed by atoms with Gasteiger partial charge in [0.2, 0.25) is 0 Å². The first-order chi connectivity index (χ1) is 19.6. The fourth-order valence-corrected chi connectivity index (χ4v) is 4.43. The van der Waals surface area contributed by atoms with Crippen molar-refractivity contribution in [1.82, 2.24) is 0 Å². The summed E-state index contributed by atoms with van der Waals surface area (Å²) in [4.78, 5) is 10.7. The lowest BCUT2D eigenvalue weighted by molar-refractivity contribution is -0.383. The van der Waals surface area contributed by atoms with Crippen molar-refractivity contribution < 1.29 is 14.4 Å². The summed E-state index contributed by atoms with van der Waals surface area (Å²) in [5.41, 5.74) is 9.06. The Kier molecular flexibility index (Phi) is 8.18. The summed E-state index contributed by atoms with van der Waals surface area (Å²) >= 11 is 0. The van der Waals surface area contributed by atoms with Gasteiger partial charge in [-0.15, -0.1) is 0 Å².